The molecule has 1 unspecified atom stereocenters. The summed E-state index contributed by atoms with van der Waals surface area (Å²) >= 11 is 0. The molecule has 0 radical (unpaired) electrons. The molecule has 0 aliphatic carbocycles. The predicted molar refractivity (Wildman–Crippen MR) is 48.4 cm³/mol. The van der Waals surface area contributed by atoms with Gasteiger partial charge in [-0.2, -0.15) is 0 Å². The molecule has 0 aromatic rings. The molecule has 1 aliphatic heterocycles. The molecular weight excluding hydrogens is 136 g/mol. The third-order valence-electron chi connectivity index (χ3n) is 2.26. The first-order chi connectivity index (χ1) is 5.14. The van der Waals surface area contributed by atoms with Crippen molar-refractivity contribution in [1.82, 2.24) is 10.6 Å². The van der Waals surface area contributed by atoms with Crippen molar-refractivity contribution in [3.05, 3.63) is 23.9 Å². The summed E-state index contributed by atoms with van der Waals surface area (Å²) in [6.45, 7) is 9.26. The topological polar surface area (TPSA) is 34.0 Å². The summed E-state index contributed by atoms with van der Waals surface area (Å²) in [4.78, 5) is 0. The summed E-state index contributed by atoms with van der Waals surface area (Å²) in [6, 6.07) is 0. The lowest BCUT2D eigenvalue weighted by atomic mass is 10.00. The fourth-order valence-electron chi connectivity index (χ4n) is 1.11. The lowest BCUT2D eigenvalue weighted by molar-refractivity contribution is 0.797. The zero-order chi connectivity index (χ0) is 8.48. The Morgan fingerprint density at radius 1 is 1.73 bits per heavy atom. The van der Waals surface area contributed by atoms with Gasteiger partial charge in [0.1, 0.15) is 0 Å². The summed E-state index contributed by atoms with van der Waals surface area (Å²) < 4.78 is 0. The molecule has 1 heterocycles. The van der Waals surface area contributed by atoms with Crippen LogP contribution in [0.5, 0.6) is 0 Å². The second-order valence-electron chi connectivity index (χ2n) is 3.12. The van der Waals surface area contributed by atoms with E-state index in [2.05, 4.69) is 24.1 Å². The molecule has 2 N–H and O–H groups in total. The zero-order valence-electron chi connectivity index (χ0n) is 7.49. The Kier molecular flexibility index (Phi) is 2.05. The molecule has 1 aliphatic rings. The molecule has 1 rings (SSSR count). The van der Waals surface area contributed by atoms with Gasteiger partial charge >= 0.3 is 0 Å². The Hall–Kier alpha value is -0.760. The van der Waals surface area contributed by atoms with Crippen LogP contribution >= 0.6 is 0 Å². The quantitative estimate of drug-likeness (QED) is 0.468. The summed E-state index contributed by atoms with van der Waals surface area (Å²) in [5.41, 5.74) is 2.45. The Labute approximate surface area is 68.4 Å². The van der Waals surface area contributed by atoms with E-state index < -0.39 is 0 Å². The number of rotatable bonds is 3. The highest BCUT2D eigenvalue weighted by molar-refractivity contribution is 5.40. The molecule has 0 aromatic heterocycles. The fourth-order valence-corrected chi connectivity index (χ4v) is 1.11. The van der Waals surface area contributed by atoms with Crippen LogP contribution in [0.1, 0.15) is 13.8 Å². The van der Waals surface area contributed by atoms with Gasteiger partial charge < -0.3 is 10.6 Å². The number of hydrogen-bond donors (Lipinski definition) is 2. The molecule has 1 saturated heterocycles. The van der Waals surface area contributed by atoms with E-state index >= 15 is 0 Å². The minimum Gasteiger partial charge on any atom is -0.388 e. The first-order valence-corrected chi connectivity index (χ1v) is 3.93. The molecule has 2 heteroatoms. The van der Waals surface area contributed by atoms with E-state index in [0.717, 1.165) is 17.8 Å². The average molecular weight is 152 g/mol. The van der Waals surface area contributed by atoms with Gasteiger partial charge in [-0.3, -0.25) is 0 Å². The third-order valence-corrected chi connectivity index (χ3v) is 2.26. The molecule has 62 valence electrons. The highest BCUT2D eigenvalue weighted by Gasteiger charge is 2.40. The van der Waals surface area contributed by atoms with Crippen molar-refractivity contribution in [2.24, 2.45) is 0 Å². The van der Waals surface area contributed by atoms with Gasteiger partial charge in [-0.25, -0.2) is 0 Å². The van der Waals surface area contributed by atoms with Gasteiger partial charge in [0.25, 0.3) is 0 Å². The van der Waals surface area contributed by atoms with Crippen molar-refractivity contribution in [1.29, 1.82) is 0 Å². The molecule has 1 atom stereocenters. The first-order valence-electron chi connectivity index (χ1n) is 3.93. The van der Waals surface area contributed by atoms with E-state index in [1.54, 1.807) is 0 Å². The van der Waals surface area contributed by atoms with Crippen molar-refractivity contribution >= 4 is 0 Å². The molecular formula is C9H16N2. The fraction of sp³-hybridized carbons (Fsp3) is 0.556. The lowest BCUT2D eigenvalue weighted by Gasteiger charge is -2.14. The SMILES string of the molecule is C=C(/C(=C/C)NC)C1(C)CN1. The van der Waals surface area contributed by atoms with Gasteiger partial charge in [-0.1, -0.05) is 12.7 Å². The highest BCUT2D eigenvalue weighted by atomic mass is 15.2. The van der Waals surface area contributed by atoms with Crippen LogP contribution in [0.4, 0.5) is 0 Å². The van der Waals surface area contributed by atoms with Gasteiger partial charge in [-0.05, 0) is 19.4 Å². The van der Waals surface area contributed by atoms with Gasteiger partial charge in [0.15, 0.2) is 0 Å². The van der Waals surface area contributed by atoms with Crippen LogP contribution in [0, 0.1) is 0 Å². The number of hydrogen-bond acceptors (Lipinski definition) is 2. The van der Waals surface area contributed by atoms with Crippen LogP contribution in [0.3, 0.4) is 0 Å². The highest BCUT2D eigenvalue weighted by Crippen LogP contribution is 2.28. The maximum Gasteiger partial charge on any atom is 0.0547 e. The molecule has 0 spiro atoms. The molecule has 0 bridgehead atoms. The van der Waals surface area contributed by atoms with E-state index in [-0.39, 0.29) is 5.54 Å². The van der Waals surface area contributed by atoms with Gasteiger partial charge in [-0.15, -0.1) is 0 Å². The maximum atomic E-state index is 4.04. The maximum absolute atomic E-state index is 4.04. The van der Waals surface area contributed by atoms with Crippen LogP contribution in [-0.4, -0.2) is 19.1 Å². The van der Waals surface area contributed by atoms with Crippen LogP contribution in [0.25, 0.3) is 0 Å². The van der Waals surface area contributed by atoms with Crippen LogP contribution in [-0.2, 0) is 0 Å². The Morgan fingerprint density at radius 3 is 2.55 bits per heavy atom. The van der Waals surface area contributed by atoms with Crippen molar-refractivity contribution < 1.29 is 0 Å². The largest absolute Gasteiger partial charge is 0.388 e. The molecule has 0 saturated carbocycles. The molecule has 11 heavy (non-hydrogen) atoms. The predicted octanol–water partition coefficient (Wildman–Crippen LogP) is 1.03. The summed E-state index contributed by atoms with van der Waals surface area (Å²) in [5, 5.41) is 6.40. The summed E-state index contributed by atoms with van der Waals surface area (Å²) in [5.74, 6) is 0. The van der Waals surface area contributed by atoms with E-state index in [4.69, 9.17) is 0 Å². The third kappa shape index (κ3) is 1.46. The standard InChI is InChI=1S/C9H16N2/c1-5-8(10-4)7(2)9(3)6-11-9/h5,10-11H,2,6H2,1,3-4H3/b8-5-. The van der Waals surface area contributed by atoms with Crippen molar-refractivity contribution in [3.8, 4) is 0 Å². The summed E-state index contributed by atoms with van der Waals surface area (Å²) in [7, 11) is 1.92. The smallest absolute Gasteiger partial charge is 0.0547 e. The normalized spacial score (nSPS) is 29.9. The molecule has 0 amide bonds. The zero-order valence-corrected chi connectivity index (χ0v) is 7.49. The molecule has 2 nitrogen and oxygen atoms in total. The number of allylic oxidation sites excluding steroid dienone is 1. The monoisotopic (exact) mass is 152 g/mol. The second-order valence-corrected chi connectivity index (χ2v) is 3.12. The average Bonchev–Trinajstić information content (AvgIpc) is 2.72. The molecule has 0 aromatic carbocycles. The number of nitrogens with one attached hydrogen (secondary N) is 2. The Bertz CT molecular complexity index is 200. The van der Waals surface area contributed by atoms with Gasteiger partial charge in [0.2, 0.25) is 0 Å². The minimum absolute atomic E-state index is 0.158. The van der Waals surface area contributed by atoms with Crippen LogP contribution in [0.15, 0.2) is 23.9 Å². The number of likely N-dealkylation sites (N-methyl/N-ethyl adjacent to an activating group) is 1. The van der Waals surface area contributed by atoms with Crippen molar-refractivity contribution in [2.75, 3.05) is 13.6 Å². The first kappa shape index (κ1) is 8.34. The minimum atomic E-state index is 0.158. The Balaban J connectivity index is 2.67. The van der Waals surface area contributed by atoms with E-state index in [0.29, 0.717) is 0 Å². The van der Waals surface area contributed by atoms with E-state index in [1.165, 1.54) is 0 Å². The van der Waals surface area contributed by atoms with E-state index in [1.807, 2.05) is 20.0 Å². The summed E-state index contributed by atoms with van der Waals surface area (Å²) in [6.07, 6.45) is 2.05. The van der Waals surface area contributed by atoms with Gasteiger partial charge in [0, 0.05) is 19.3 Å². The molecule has 1 fully saturated rings. The van der Waals surface area contributed by atoms with Crippen LogP contribution in [0.2, 0.25) is 0 Å². The second kappa shape index (κ2) is 2.70. The van der Waals surface area contributed by atoms with Crippen LogP contribution < -0.4 is 10.6 Å². The lowest BCUT2D eigenvalue weighted by Crippen LogP contribution is -2.20. The van der Waals surface area contributed by atoms with E-state index in [9.17, 15) is 0 Å². The van der Waals surface area contributed by atoms with Crippen molar-refractivity contribution in [3.63, 3.8) is 0 Å². The van der Waals surface area contributed by atoms with Crippen molar-refractivity contribution in [2.45, 2.75) is 19.4 Å². The van der Waals surface area contributed by atoms with Gasteiger partial charge in [0.05, 0.1) is 5.54 Å². The Morgan fingerprint density at radius 2 is 2.27 bits per heavy atom.